The van der Waals surface area contributed by atoms with Crippen molar-refractivity contribution in [1.82, 2.24) is 4.98 Å². The smallest absolute Gasteiger partial charge is 0.0483 e. The van der Waals surface area contributed by atoms with E-state index in [0.29, 0.717) is 5.92 Å². The number of rotatable bonds is 2. The second kappa shape index (κ2) is 3.97. The van der Waals surface area contributed by atoms with Crippen LogP contribution in [-0.4, -0.2) is 4.98 Å². The molecule has 0 saturated heterocycles. The van der Waals surface area contributed by atoms with E-state index >= 15 is 0 Å². The molecule has 0 fully saturated rings. The first-order chi connectivity index (χ1) is 7.57. The lowest BCUT2D eigenvalue weighted by molar-refractivity contribution is 0.385. The SMILES string of the molecule is CCC1=CC(C)(C(C)C)C=Cc2cc[nH]c21. The molecule has 1 aliphatic carbocycles. The molecule has 16 heavy (non-hydrogen) atoms. The molecule has 0 bridgehead atoms. The van der Waals surface area contributed by atoms with E-state index in [4.69, 9.17) is 0 Å². The molecule has 1 heteroatoms. The van der Waals surface area contributed by atoms with Crippen LogP contribution in [-0.2, 0) is 0 Å². The summed E-state index contributed by atoms with van der Waals surface area (Å²) in [7, 11) is 0. The topological polar surface area (TPSA) is 15.8 Å². The molecule has 2 rings (SSSR count). The number of aromatic amines is 1. The summed E-state index contributed by atoms with van der Waals surface area (Å²) in [4.78, 5) is 3.36. The van der Waals surface area contributed by atoms with E-state index in [0.717, 1.165) is 6.42 Å². The molecular formula is C15H21N. The van der Waals surface area contributed by atoms with Crippen LogP contribution in [0.15, 0.2) is 24.4 Å². The predicted molar refractivity (Wildman–Crippen MR) is 71.0 cm³/mol. The van der Waals surface area contributed by atoms with Crippen LogP contribution in [0.25, 0.3) is 11.6 Å². The Kier molecular flexibility index (Phi) is 2.79. The van der Waals surface area contributed by atoms with Crippen molar-refractivity contribution in [3.05, 3.63) is 35.7 Å². The van der Waals surface area contributed by atoms with Crippen LogP contribution in [0.1, 0.15) is 45.4 Å². The maximum atomic E-state index is 3.36. The fourth-order valence-corrected chi connectivity index (χ4v) is 2.20. The fourth-order valence-electron chi connectivity index (χ4n) is 2.20. The normalized spacial score (nSPS) is 24.2. The number of hydrogen-bond acceptors (Lipinski definition) is 0. The number of fused-ring (bicyclic) bond motifs is 1. The van der Waals surface area contributed by atoms with Crippen molar-refractivity contribution in [1.29, 1.82) is 0 Å². The highest BCUT2D eigenvalue weighted by atomic mass is 14.7. The second-order valence-corrected chi connectivity index (χ2v) is 5.19. The first-order valence-electron chi connectivity index (χ1n) is 6.15. The van der Waals surface area contributed by atoms with Gasteiger partial charge in [0, 0.05) is 17.3 Å². The van der Waals surface area contributed by atoms with Gasteiger partial charge >= 0.3 is 0 Å². The van der Waals surface area contributed by atoms with Crippen LogP contribution in [0, 0.1) is 11.3 Å². The molecule has 1 aromatic rings. The van der Waals surface area contributed by atoms with Crippen molar-refractivity contribution >= 4 is 11.6 Å². The molecule has 1 unspecified atom stereocenters. The Morgan fingerprint density at radius 3 is 2.75 bits per heavy atom. The minimum Gasteiger partial charge on any atom is -0.361 e. The Balaban J connectivity index is 2.54. The summed E-state index contributed by atoms with van der Waals surface area (Å²) in [5.74, 6) is 0.620. The zero-order valence-corrected chi connectivity index (χ0v) is 10.7. The van der Waals surface area contributed by atoms with Crippen LogP contribution in [0.4, 0.5) is 0 Å². The summed E-state index contributed by atoms with van der Waals surface area (Å²) < 4.78 is 0. The third kappa shape index (κ3) is 1.75. The van der Waals surface area contributed by atoms with Crippen molar-refractivity contribution in [3.8, 4) is 0 Å². The minimum atomic E-state index is 0.172. The zero-order chi connectivity index (χ0) is 11.8. The Bertz CT molecular complexity index is 434. The molecule has 1 aliphatic rings. The highest BCUT2D eigenvalue weighted by Crippen LogP contribution is 2.38. The van der Waals surface area contributed by atoms with Crippen molar-refractivity contribution in [2.24, 2.45) is 11.3 Å². The maximum Gasteiger partial charge on any atom is 0.0483 e. The Morgan fingerprint density at radius 1 is 1.38 bits per heavy atom. The number of H-pyrrole nitrogens is 1. The van der Waals surface area contributed by atoms with Gasteiger partial charge in [-0.1, -0.05) is 45.9 Å². The van der Waals surface area contributed by atoms with E-state index < -0.39 is 0 Å². The molecule has 0 amide bonds. The standard InChI is InChI=1S/C15H21N/c1-5-12-10-15(4,11(2)3)8-6-13-7-9-16-14(12)13/h6-11,16H,5H2,1-4H3. The molecule has 1 atom stereocenters. The van der Waals surface area contributed by atoms with Crippen LogP contribution >= 0.6 is 0 Å². The summed E-state index contributed by atoms with van der Waals surface area (Å²) in [6.45, 7) is 9.11. The number of nitrogens with one attached hydrogen (secondary N) is 1. The Hall–Kier alpha value is -1.24. The van der Waals surface area contributed by atoms with Gasteiger partial charge in [-0.3, -0.25) is 0 Å². The molecule has 0 aromatic carbocycles. The molecule has 0 spiro atoms. The summed E-state index contributed by atoms with van der Waals surface area (Å²) >= 11 is 0. The summed E-state index contributed by atoms with van der Waals surface area (Å²) in [6.07, 6.45) is 10.1. The molecule has 86 valence electrons. The van der Waals surface area contributed by atoms with E-state index in [1.165, 1.54) is 16.8 Å². The Labute approximate surface area is 98.3 Å². The first-order valence-corrected chi connectivity index (χ1v) is 6.15. The van der Waals surface area contributed by atoms with Crippen LogP contribution in [0.5, 0.6) is 0 Å². The van der Waals surface area contributed by atoms with Crippen LogP contribution < -0.4 is 0 Å². The fraction of sp³-hybridized carbons (Fsp3) is 0.467. The van der Waals surface area contributed by atoms with Gasteiger partial charge in [0.2, 0.25) is 0 Å². The predicted octanol–water partition coefficient (Wildman–Crippen LogP) is 4.50. The molecule has 0 aliphatic heterocycles. The average Bonchev–Trinajstić information content (AvgIpc) is 2.66. The van der Waals surface area contributed by atoms with Crippen LogP contribution in [0.2, 0.25) is 0 Å². The second-order valence-electron chi connectivity index (χ2n) is 5.19. The summed E-state index contributed by atoms with van der Waals surface area (Å²) in [6, 6.07) is 2.15. The van der Waals surface area contributed by atoms with Gasteiger partial charge < -0.3 is 4.98 Å². The largest absolute Gasteiger partial charge is 0.361 e. The van der Waals surface area contributed by atoms with E-state index in [1.54, 1.807) is 0 Å². The molecule has 1 heterocycles. The first kappa shape index (κ1) is 11.3. The molecule has 0 saturated carbocycles. The van der Waals surface area contributed by atoms with Gasteiger partial charge in [-0.2, -0.15) is 0 Å². The third-order valence-electron chi connectivity index (χ3n) is 3.83. The molecular weight excluding hydrogens is 194 g/mol. The summed E-state index contributed by atoms with van der Waals surface area (Å²) in [5.41, 5.74) is 4.22. The van der Waals surface area contributed by atoms with E-state index in [1.807, 2.05) is 6.20 Å². The molecule has 1 nitrogen and oxygen atoms in total. The van der Waals surface area contributed by atoms with Gasteiger partial charge in [0.1, 0.15) is 0 Å². The highest BCUT2D eigenvalue weighted by Gasteiger charge is 2.26. The summed E-state index contributed by atoms with van der Waals surface area (Å²) in [5, 5.41) is 0. The van der Waals surface area contributed by atoms with Gasteiger partial charge in [0.25, 0.3) is 0 Å². The maximum absolute atomic E-state index is 3.36. The van der Waals surface area contributed by atoms with Gasteiger partial charge in [0.15, 0.2) is 0 Å². The lowest BCUT2D eigenvalue weighted by Crippen LogP contribution is -2.17. The van der Waals surface area contributed by atoms with Gasteiger partial charge in [0.05, 0.1) is 0 Å². The monoisotopic (exact) mass is 215 g/mol. The number of hydrogen-bond donors (Lipinski definition) is 1. The van der Waals surface area contributed by atoms with Gasteiger partial charge in [-0.25, -0.2) is 0 Å². The van der Waals surface area contributed by atoms with Gasteiger partial charge in [-0.05, 0) is 29.5 Å². The lowest BCUT2D eigenvalue weighted by Gasteiger charge is -2.27. The average molecular weight is 215 g/mol. The molecule has 1 aromatic heterocycles. The Morgan fingerprint density at radius 2 is 2.12 bits per heavy atom. The highest BCUT2D eigenvalue weighted by molar-refractivity contribution is 5.75. The van der Waals surface area contributed by atoms with E-state index in [9.17, 15) is 0 Å². The minimum absolute atomic E-state index is 0.172. The quantitative estimate of drug-likeness (QED) is 0.747. The van der Waals surface area contributed by atoms with E-state index in [2.05, 4.69) is 57.0 Å². The van der Waals surface area contributed by atoms with Gasteiger partial charge in [-0.15, -0.1) is 0 Å². The van der Waals surface area contributed by atoms with E-state index in [-0.39, 0.29) is 5.41 Å². The van der Waals surface area contributed by atoms with Crippen molar-refractivity contribution in [2.45, 2.75) is 34.1 Å². The van der Waals surface area contributed by atoms with Crippen molar-refractivity contribution < 1.29 is 0 Å². The third-order valence-corrected chi connectivity index (χ3v) is 3.83. The lowest BCUT2D eigenvalue weighted by atomic mass is 9.77. The number of aromatic nitrogens is 1. The van der Waals surface area contributed by atoms with Crippen molar-refractivity contribution in [2.75, 3.05) is 0 Å². The van der Waals surface area contributed by atoms with Crippen LogP contribution in [0.3, 0.4) is 0 Å². The molecule has 0 radical (unpaired) electrons. The molecule has 1 N–H and O–H groups in total. The number of allylic oxidation sites excluding steroid dienone is 3. The van der Waals surface area contributed by atoms with Crippen molar-refractivity contribution in [3.63, 3.8) is 0 Å². The zero-order valence-electron chi connectivity index (χ0n) is 10.7.